The van der Waals surface area contributed by atoms with E-state index in [9.17, 15) is 0 Å². The SMILES string of the molecule is CCCC(CC)c1ccc(-c2ccc(N(c3ccc(C4CCCCC4)cc3)c3ccc4c(c3)C(C)(c3ccc(C(C)(C)C)cc3)c3ccccc3-4)cc2)cc1. The number of benzene rings is 6. The van der Waals surface area contributed by atoms with Crippen LogP contribution in [0.3, 0.4) is 0 Å². The minimum atomic E-state index is -0.279. The average molecular weight is 722 g/mol. The molecule has 8 rings (SSSR count). The van der Waals surface area contributed by atoms with Crippen LogP contribution in [0.15, 0.2) is 140 Å². The predicted molar refractivity (Wildman–Crippen MR) is 236 cm³/mol. The van der Waals surface area contributed by atoms with Crippen molar-refractivity contribution in [1.82, 2.24) is 0 Å². The summed E-state index contributed by atoms with van der Waals surface area (Å²) in [6, 6.07) is 53.8. The summed E-state index contributed by atoms with van der Waals surface area (Å²) < 4.78 is 0. The standard InChI is InChI=1S/C54H59N/c1-7-14-38(8-2)40-19-21-41(22-20-40)43-25-33-47(34-26-43)55(46-31-23-42(24-32-46)39-15-10-9-11-16-39)48-35-36-50-49-17-12-13-18-51(49)54(6,52(50)37-48)45-29-27-44(28-30-45)53(3,4)5/h12-13,17-39H,7-11,14-16H2,1-6H3. The maximum absolute atomic E-state index is 2.48. The van der Waals surface area contributed by atoms with Crippen molar-refractivity contribution in [2.24, 2.45) is 0 Å². The van der Waals surface area contributed by atoms with Gasteiger partial charge in [0.1, 0.15) is 0 Å². The van der Waals surface area contributed by atoms with Crippen molar-refractivity contribution >= 4 is 17.1 Å². The van der Waals surface area contributed by atoms with E-state index < -0.39 is 0 Å². The largest absolute Gasteiger partial charge is 0.310 e. The molecule has 55 heavy (non-hydrogen) atoms. The van der Waals surface area contributed by atoms with E-state index in [1.54, 1.807) is 0 Å². The van der Waals surface area contributed by atoms with Gasteiger partial charge in [-0.2, -0.15) is 0 Å². The van der Waals surface area contributed by atoms with Crippen molar-refractivity contribution in [3.8, 4) is 22.3 Å². The smallest absolute Gasteiger partial charge is 0.0465 e. The lowest BCUT2D eigenvalue weighted by Gasteiger charge is -2.31. The van der Waals surface area contributed by atoms with Gasteiger partial charge in [-0.05, 0) is 142 Å². The van der Waals surface area contributed by atoms with E-state index in [2.05, 4.69) is 186 Å². The van der Waals surface area contributed by atoms with Gasteiger partial charge < -0.3 is 4.90 Å². The first-order valence-electron chi connectivity index (χ1n) is 21.1. The van der Waals surface area contributed by atoms with E-state index in [0.717, 1.165) is 0 Å². The number of hydrogen-bond donors (Lipinski definition) is 0. The van der Waals surface area contributed by atoms with Gasteiger partial charge in [-0.15, -0.1) is 0 Å². The van der Waals surface area contributed by atoms with Crippen molar-refractivity contribution < 1.29 is 0 Å². The third kappa shape index (κ3) is 7.08. The molecule has 0 saturated heterocycles. The van der Waals surface area contributed by atoms with Crippen LogP contribution in [0.2, 0.25) is 0 Å². The molecule has 0 radical (unpaired) electrons. The Kier molecular flexibility index (Phi) is 10.3. The lowest BCUT2D eigenvalue weighted by Crippen LogP contribution is -2.23. The Bertz CT molecular complexity index is 2210. The highest BCUT2D eigenvalue weighted by atomic mass is 15.1. The quantitative estimate of drug-likeness (QED) is 0.136. The van der Waals surface area contributed by atoms with Crippen LogP contribution in [0.4, 0.5) is 17.1 Å². The third-order valence-electron chi connectivity index (χ3n) is 13.1. The number of fused-ring (bicyclic) bond motifs is 3. The zero-order valence-electron chi connectivity index (χ0n) is 34.0. The van der Waals surface area contributed by atoms with Crippen LogP contribution in [-0.2, 0) is 10.8 Å². The van der Waals surface area contributed by atoms with E-state index in [0.29, 0.717) is 11.8 Å². The molecule has 0 spiro atoms. The van der Waals surface area contributed by atoms with Crippen LogP contribution in [0.1, 0.15) is 138 Å². The average Bonchev–Trinajstić information content (AvgIpc) is 3.49. The molecule has 1 heteroatoms. The second-order valence-corrected chi connectivity index (χ2v) is 17.6. The summed E-state index contributed by atoms with van der Waals surface area (Å²) >= 11 is 0. The third-order valence-corrected chi connectivity index (χ3v) is 13.1. The summed E-state index contributed by atoms with van der Waals surface area (Å²) in [7, 11) is 0. The molecule has 280 valence electrons. The second-order valence-electron chi connectivity index (χ2n) is 17.6. The number of hydrogen-bond acceptors (Lipinski definition) is 1. The van der Waals surface area contributed by atoms with Crippen molar-refractivity contribution in [1.29, 1.82) is 0 Å². The van der Waals surface area contributed by atoms with Gasteiger partial charge in [-0.25, -0.2) is 0 Å². The Labute approximate surface area is 331 Å². The van der Waals surface area contributed by atoms with E-state index in [1.165, 1.54) is 124 Å². The van der Waals surface area contributed by atoms with Gasteiger partial charge in [-0.3, -0.25) is 0 Å². The topological polar surface area (TPSA) is 3.24 Å². The summed E-state index contributed by atoms with van der Waals surface area (Å²) in [5.41, 5.74) is 17.0. The molecule has 0 amide bonds. The molecule has 0 aromatic heterocycles. The molecule has 6 aromatic carbocycles. The summed E-state index contributed by atoms with van der Waals surface area (Å²) in [6.07, 6.45) is 10.4. The first-order valence-corrected chi connectivity index (χ1v) is 21.1. The van der Waals surface area contributed by atoms with Crippen molar-refractivity contribution in [2.45, 2.75) is 116 Å². The van der Waals surface area contributed by atoms with Gasteiger partial charge in [0, 0.05) is 22.5 Å². The minimum absolute atomic E-state index is 0.108. The normalized spacial score (nSPS) is 17.4. The summed E-state index contributed by atoms with van der Waals surface area (Å²) in [6.45, 7) is 13.9. The molecular weight excluding hydrogens is 663 g/mol. The van der Waals surface area contributed by atoms with Crippen molar-refractivity contribution in [3.05, 3.63) is 173 Å². The maximum atomic E-state index is 2.48. The van der Waals surface area contributed by atoms with E-state index in [4.69, 9.17) is 0 Å². The van der Waals surface area contributed by atoms with Crippen molar-refractivity contribution in [3.63, 3.8) is 0 Å². The zero-order valence-corrected chi connectivity index (χ0v) is 34.0. The van der Waals surface area contributed by atoms with Gasteiger partial charge >= 0.3 is 0 Å². The first kappa shape index (κ1) is 37.1. The minimum Gasteiger partial charge on any atom is -0.310 e. The number of anilines is 3. The van der Waals surface area contributed by atoms with Gasteiger partial charge in [0.25, 0.3) is 0 Å². The van der Waals surface area contributed by atoms with E-state index in [1.807, 2.05) is 0 Å². The Morgan fingerprint density at radius 1 is 0.618 bits per heavy atom. The Hall–Kier alpha value is -4.88. The fraction of sp³-hybridized carbons (Fsp3) is 0.333. The van der Waals surface area contributed by atoms with Gasteiger partial charge in [0.2, 0.25) is 0 Å². The lowest BCUT2D eigenvalue weighted by atomic mass is 9.73. The monoisotopic (exact) mass is 721 g/mol. The highest BCUT2D eigenvalue weighted by molar-refractivity contribution is 5.87. The van der Waals surface area contributed by atoms with Crippen LogP contribution in [0, 0.1) is 0 Å². The molecule has 1 fully saturated rings. The van der Waals surface area contributed by atoms with Gasteiger partial charge in [0.05, 0.1) is 0 Å². The summed E-state index contributed by atoms with van der Waals surface area (Å²) in [5, 5.41) is 0. The molecule has 2 unspecified atom stereocenters. The highest BCUT2D eigenvalue weighted by Gasteiger charge is 2.41. The molecule has 2 aliphatic rings. The Morgan fingerprint density at radius 2 is 1.20 bits per heavy atom. The van der Waals surface area contributed by atoms with Crippen molar-refractivity contribution in [2.75, 3.05) is 4.90 Å². The number of rotatable bonds is 10. The summed E-state index contributed by atoms with van der Waals surface area (Å²) in [4.78, 5) is 2.47. The van der Waals surface area contributed by atoms with Gasteiger partial charge in [-0.1, -0.05) is 163 Å². The van der Waals surface area contributed by atoms with Crippen LogP contribution in [0.5, 0.6) is 0 Å². The molecule has 0 heterocycles. The Morgan fingerprint density at radius 3 is 1.82 bits per heavy atom. The fourth-order valence-electron chi connectivity index (χ4n) is 9.72. The molecule has 2 aliphatic carbocycles. The highest BCUT2D eigenvalue weighted by Crippen LogP contribution is 2.54. The van der Waals surface area contributed by atoms with Crippen LogP contribution in [-0.4, -0.2) is 0 Å². The molecule has 6 aromatic rings. The lowest BCUT2D eigenvalue weighted by molar-refractivity contribution is 0.443. The molecule has 0 aliphatic heterocycles. The predicted octanol–water partition coefficient (Wildman–Crippen LogP) is 15.8. The van der Waals surface area contributed by atoms with Crippen LogP contribution >= 0.6 is 0 Å². The zero-order chi connectivity index (χ0) is 38.2. The molecule has 0 N–H and O–H groups in total. The van der Waals surface area contributed by atoms with Gasteiger partial charge in [0.15, 0.2) is 0 Å². The fourth-order valence-corrected chi connectivity index (χ4v) is 9.72. The Balaban J connectivity index is 1.21. The molecule has 1 saturated carbocycles. The first-order chi connectivity index (χ1) is 26.7. The molecular formula is C54H59N. The maximum Gasteiger partial charge on any atom is 0.0465 e. The molecule has 2 atom stereocenters. The van der Waals surface area contributed by atoms with Crippen LogP contribution in [0.25, 0.3) is 22.3 Å². The number of nitrogens with zero attached hydrogens (tertiary/aromatic N) is 1. The van der Waals surface area contributed by atoms with Crippen LogP contribution < -0.4 is 4.90 Å². The second kappa shape index (κ2) is 15.3. The summed E-state index contributed by atoms with van der Waals surface area (Å²) in [5.74, 6) is 1.32. The van der Waals surface area contributed by atoms with E-state index >= 15 is 0 Å². The van der Waals surface area contributed by atoms with E-state index in [-0.39, 0.29) is 10.8 Å². The molecule has 1 nitrogen and oxygen atoms in total. The molecule has 0 bridgehead atoms.